The van der Waals surface area contributed by atoms with Crippen molar-refractivity contribution in [3.8, 4) is 0 Å². The third kappa shape index (κ3) is 2.52. The lowest BCUT2D eigenvalue weighted by Gasteiger charge is -2.04. The SMILES string of the molecule is CC.CC.Cc1ccc2c3c(cccc13)CC2. The third-order valence-corrected chi connectivity index (χ3v) is 3.09. The molecule has 0 fully saturated rings. The monoisotopic (exact) mass is 228 g/mol. The summed E-state index contributed by atoms with van der Waals surface area (Å²) in [5.41, 5.74) is 4.48. The fraction of sp³-hybridized carbons (Fsp3) is 0.412. The molecule has 0 saturated carbocycles. The molecule has 0 aliphatic heterocycles. The molecule has 0 nitrogen and oxygen atoms in total. The van der Waals surface area contributed by atoms with Crippen LogP contribution >= 0.6 is 0 Å². The van der Waals surface area contributed by atoms with Gasteiger partial charge in [-0.05, 0) is 47.2 Å². The van der Waals surface area contributed by atoms with E-state index in [2.05, 4.69) is 37.3 Å². The first kappa shape index (κ1) is 13.8. The summed E-state index contributed by atoms with van der Waals surface area (Å²) in [6.45, 7) is 10.2. The summed E-state index contributed by atoms with van der Waals surface area (Å²) in [6.07, 6.45) is 2.46. The van der Waals surface area contributed by atoms with Gasteiger partial charge in [-0.3, -0.25) is 0 Å². The highest BCUT2D eigenvalue weighted by Gasteiger charge is 2.13. The first-order valence-electron chi connectivity index (χ1n) is 6.86. The summed E-state index contributed by atoms with van der Waals surface area (Å²) in [6, 6.07) is 11.2. The van der Waals surface area contributed by atoms with Crippen LogP contribution in [0, 0.1) is 6.92 Å². The van der Waals surface area contributed by atoms with Crippen molar-refractivity contribution in [2.75, 3.05) is 0 Å². The number of benzene rings is 2. The average Bonchev–Trinajstić information content (AvgIpc) is 2.84. The van der Waals surface area contributed by atoms with Crippen molar-refractivity contribution in [3.63, 3.8) is 0 Å². The normalized spacial score (nSPS) is 11.4. The minimum absolute atomic E-state index is 1.23. The van der Waals surface area contributed by atoms with Crippen LogP contribution in [0.5, 0.6) is 0 Å². The van der Waals surface area contributed by atoms with Crippen molar-refractivity contribution in [1.29, 1.82) is 0 Å². The number of hydrogen-bond donors (Lipinski definition) is 0. The zero-order valence-corrected chi connectivity index (χ0v) is 11.8. The van der Waals surface area contributed by atoms with Crippen LogP contribution in [0.4, 0.5) is 0 Å². The summed E-state index contributed by atoms with van der Waals surface area (Å²) in [4.78, 5) is 0. The Balaban J connectivity index is 0.000000330. The van der Waals surface area contributed by atoms with Crippen LogP contribution in [-0.4, -0.2) is 0 Å². The molecule has 0 radical (unpaired) electrons. The van der Waals surface area contributed by atoms with Crippen molar-refractivity contribution >= 4 is 10.8 Å². The molecule has 0 bridgehead atoms. The molecule has 2 aromatic rings. The van der Waals surface area contributed by atoms with E-state index in [0.717, 1.165) is 0 Å². The van der Waals surface area contributed by atoms with Crippen LogP contribution in [0.2, 0.25) is 0 Å². The predicted molar refractivity (Wildman–Crippen MR) is 78.8 cm³/mol. The Morgan fingerprint density at radius 2 is 1.35 bits per heavy atom. The minimum atomic E-state index is 1.23. The second-order valence-electron chi connectivity index (χ2n) is 3.88. The van der Waals surface area contributed by atoms with Gasteiger partial charge in [0.05, 0.1) is 0 Å². The highest BCUT2D eigenvalue weighted by molar-refractivity contribution is 5.92. The van der Waals surface area contributed by atoms with Crippen molar-refractivity contribution in [1.82, 2.24) is 0 Å². The van der Waals surface area contributed by atoms with Crippen molar-refractivity contribution in [3.05, 3.63) is 47.0 Å². The molecule has 0 atom stereocenters. The maximum absolute atomic E-state index is 2.29. The lowest BCUT2D eigenvalue weighted by molar-refractivity contribution is 1.02. The molecule has 0 N–H and O–H groups in total. The smallest absolute Gasteiger partial charge is 0.0117 e. The van der Waals surface area contributed by atoms with Crippen LogP contribution in [0.15, 0.2) is 30.3 Å². The molecule has 92 valence electrons. The van der Waals surface area contributed by atoms with Crippen LogP contribution in [0.1, 0.15) is 44.4 Å². The maximum atomic E-state index is 2.29. The second kappa shape index (κ2) is 6.44. The van der Waals surface area contributed by atoms with Crippen molar-refractivity contribution in [2.24, 2.45) is 0 Å². The topological polar surface area (TPSA) is 0 Å². The predicted octanol–water partition coefficient (Wildman–Crippen LogP) is 5.30. The summed E-state index contributed by atoms with van der Waals surface area (Å²) in [5.74, 6) is 0. The van der Waals surface area contributed by atoms with Crippen molar-refractivity contribution < 1.29 is 0 Å². The Kier molecular flexibility index (Phi) is 5.21. The molecule has 0 amide bonds. The van der Waals surface area contributed by atoms with E-state index in [1.54, 1.807) is 0 Å². The van der Waals surface area contributed by atoms with Gasteiger partial charge < -0.3 is 0 Å². The molecule has 3 rings (SSSR count). The van der Waals surface area contributed by atoms with Gasteiger partial charge in [-0.15, -0.1) is 0 Å². The van der Waals surface area contributed by atoms with Gasteiger partial charge in [-0.25, -0.2) is 0 Å². The Labute approximate surface area is 106 Å². The second-order valence-corrected chi connectivity index (χ2v) is 3.88. The number of hydrogen-bond acceptors (Lipinski definition) is 0. The third-order valence-electron chi connectivity index (χ3n) is 3.09. The van der Waals surface area contributed by atoms with Crippen molar-refractivity contribution in [2.45, 2.75) is 47.5 Å². The fourth-order valence-corrected chi connectivity index (χ4v) is 2.39. The van der Waals surface area contributed by atoms with E-state index >= 15 is 0 Å². The highest BCUT2D eigenvalue weighted by atomic mass is 14.2. The number of aryl methyl sites for hydroxylation is 3. The van der Waals surface area contributed by atoms with Gasteiger partial charge >= 0.3 is 0 Å². The van der Waals surface area contributed by atoms with Crippen LogP contribution in [0.25, 0.3) is 10.8 Å². The van der Waals surface area contributed by atoms with Gasteiger partial charge in [0.25, 0.3) is 0 Å². The number of rotatable bonds is 0. The van der Waals surface area contributed by atoms with Gasteiger partial charge in [0.15, 0.2) is 0 Å². The molecule has 0 heteroatoms. The van der Waals surface area contributed by atoms with Crippen LogP contribution < -0.4 is 0 Å². The fourth-order valence-electron chi connectivity index (χ4n) is 2.39. The quantitative estimate of drug-likeness (QED) is 0.574. The summed E-state index contributed by atoms with van der Waals surface area (Å²) in [5, 5.41) is 2.98. The molecule has 0 aromatic heterocycles. The Morgan fingerprint density at radius 1 is 0.765 bits per heavy atom. The van der Waals surface area contributed by atoms with E-state index in [-0.39, 0.29) is 0 Å². The largest absolute Gasteiger partial charge is 0.0683 e. The van der Waals surface area contributed by atoms with E-state index in [1.165, 1.54) is 40.3 Å². The summed E-state index contributed by atoms with van der Waals surface area (Å²) in [7, 11) is 0. The Bertz CT molecular complexity index is 470. The Hall–Kier alpha value is -1.30. The van der Waals surface area contributed by atoms with Crippen LogP contribution in [0.3, 0.4) is 0 Å². The zero-order chi connectivity index (χ0) is 12.8. The van der Waals surface area contributed by atoms with Gasteiger partial charge in [0.1, 0.15) is 0 Å². The van der Waals surface area contributed by atoms with Gasteiger partial charge in [0.2, 0.25) is 0 Å². The minimum Gasteiger partial charge on any atom is -0.0683 e. The van der Waals surface area contributed by atoms with Gasteiger partial charge in [-0.1, -0.05) is 58.0 Å². The molecular formula is C17H24. The average molecular weight is 228 g/mol. The Morgan fingerprint density at radius 3 is 2.00 bits per heavy atom. The molecule has 1 aliphatic rings. The van der Waals surface area contributed by atoms with E-state index in [4.69, 9.17) is 0 Å². The summed E-state index contributed by atoms with van der Waals surface area (Å²) < 4.78 is 0. The first-order chi connectivity index (χ1) is 8.36. The highest BCUT2D eigenvalue weighted by Crippen LogP contribution is 2.32. The molecular weight excluding hydrogens is 204 g/mol. The molecule has 2 aromatic carbocycles. The molecule has 0 spiro atoms. The maximum Gasteiger partial charge on any atom is -0.0117 e. The van der Waals surface area contributed by atoms with Crippen LogP contribution in [-0.2, 0) is 12.8 Å². The molecule has 0 unspecified atom stereocenters. The lowest BCUT2D eigenvalue weighted by Crippen LogP contribution is -1.81. The molecule has 0 heterocycles. The zero-order valence-electron chi connectivity index (χ0n) is 11.8. The lowest BCUT2D eigenvalue weighted by atomic mass is 10.0. The molecule has 0 saturated heterocycles. The van der Waals surface area contributed by atoms with E-state index in [1.807, 2.05) is 27.7 Å². The summed E-state index contributed by atoms with van der Waals surface area (Å²) >= 11 is 0. The van der Waals surface area contributed by atoms with Gasteiger partial charge in [0, 0.05) is 0 Å². The van der Waals surface area contributed by atoms with E-state index in [9.17, 15) is 0 Å². The molecule has 1 aliphatic carbocycles. The van der Waals surface area contributed by atoms with Gasteiger partial charge in [-0.2, -0.15) is 0 Å². The molecule has 17 heavy (non-hydrogen) atoms. The first-order valence-corrected chi connectivity index (χ1v) is 6.86. The van der Waals surface area contributed by atoms with E-state index < -0.39 is 0 Å². The van der Waals surface area contributed by atoms with E-state index in [0.29, 0.717) is 0 Å². The standard InChI is InChI=1S/C13H12.2C2H6/c1-9-5-6-11-8-7-10-3-2-4-12(9)13(10)11;2*1-2/h2-6H,7-8H2,1H3;2*1-2H3.